The third-order valence-electron chi connectivity index (χ3n) is 5.22. The Morgan fingerprint density at radius 1 is 1.22 bits per heavy atom. The van der Waals surface area contributed by atoms with E-state index in [2.05, 4.69) is 20.8 Å². The van der Waals surface area contributed by atoms with Crippen LogP contribution in [0, 0.1) is 6.92 Å². The highest BCUT2D eigenvalue weighted by Gasteiger charge is 2.31. The molecule has 0 atom stereocenters. The number of rotatable bonds is 5. The number of nitrogens with one attached hydrogen (secondary N) is 2. The molecule has 0 unspecified atom stereocenters. The van der Waals surface area contributed by atoms with Crippen LogP contribution in [-0.2, 0) is 19.1 Å². The fourth-order valence-electron chi connectivity index (χ4n) is 3.66. The molecule has 2 heterocycles. The molecule has 2 aromatic heterocycles. The van der Waals surface area contributed by atoms with E-state index in [-0.39, 0.29) is 17.4 Å². The number of hydrogen-bond donors (Lipinski definition) is 2. The van der Waals surface area contributed by atoms with Gasteiger partial charge in [-0.15, -0.1) is 0 Å². The minimum absolute atomic E-state index is 0.215. The molecule has 6 nitrogen and oxygen atoms in total. The SMILES string of the molecule is Cc1c(C(=O)NCc2cccnc2)oc2c1/C(=N/Nc1cccc(C(F)(F)F)c1)CCC2. The zero-order valence-electron chi connectivity index (χ0n) is 17.3. The summed E-state index contributed by atoms with van der Waals surface area (Å²) >= 11 is 0. The first-order valence-corrected chi connectivity index (χ1v) is 10.1. The van der Waals surface area contributed by atoms with Gasteiger partial charge < -0.3 is 9.73 Å². The van der Waals surface area contributed by atoms with Gasteiger partial charge in [-0.2, -0.15) is 18.3 Å². The van der Waals surface area contributed by atoms with Crippen LogP contribution in [0.1, 0.15) is 51.4 Å². The fourth-order valence-corrected chi connectivity index (χ4v) is 3.66. The summed E-state index contributed by atoms with van der Waals surface area (Å²) in [5.74, 6) is 0.531. The van der Waals surface area contributed by atoms with E-state index in [4.69, 9.17) is 4.42 Å². The molecule has 9 heteroatoms. The van der Waals surface area contributed by atoms with Crippen LogP contribution in [0.25, 0.3) is 0 Å². The van der Waals surface area contributed by atoms with E-state index in [1.54, 1.807) is 25.4 Å². The number of carbonyl (C=O) groups excluding carboxylic acids is 1. The number of aryl methyl sites for hydroxylation is 1. The van der Waals surface area contributed by atoms with Gasteiger partial charge in [-0.25, -0.2) is 0 Å². The first-order chi connectivity index (χ1) is 15.3. The highest BCUT2D eigenvalue weighted by atomic mass is 19.4. The number of nitrogens with zero attached hydrogens (tertiary/aromatic N) is 2. The molecule has 3 aromatic rings. The van der Waals surface area contributed by atoms with Crippen molar-refractivity contribution in [3.05, 3.63) is 82.6 Å². The maximum Gasteiger partial charge on any atom is 0.416 e. The van der Waals surface area contributed by atoms with Gasteiger partial charge in [-0.3, -0.25) is 15.2 Å². The van der Waals surface area contributed by atoms with Crippen molar-refractivity contribution in [3.8, 4) is 0 Å². The molecule has 1 aliphatic carbocycles. The Hall–Kier alpha value is -3.62. The third kappa shape index (κ3) is 4.66. The zero-order valence-corrected chi connectivity index (χ0v) is 17.3. The van der Waals surface area contributed by atoms with E-state index >= 15 is 0 Å². The second kappa shape index (κ2) is 8.86. The van der Waals surface area contributed by atoms with Gasteiger partial charge in [0.25, 0.3) is 5.91 Å². The molecule has 32 heavy (non-hydrogen) atoms. The predicted octanol–water partition coefficient (Wildman–Crippen LogP) is 5.08. The Morgan fingerprint density at radius 3 is 2.81 bits per heavy atom. The molecule has 0 bridgehead atoms. The minimum Gasteiger partial charge on any atom is -0.455 e. The number of furan rings is 1. The van der Waals surface area contributed by atoms with Crippen molar-refractivity contribution in [2.75, 3.05) is 5.43 Å². The second-order valence-electron chi connectivity index (χ2n) is 7.50. The number of hydrogen-bond acceptors (Lipinski definition) is 5. The topological polar surface area (TPSA) is 79.5 Å². The van der Waals surface area contributed by atoms with Crippen LogP contribution >= 0.6 is 0 Å². The molecule has 2 N–H and O–H groups in total. The number of halogens is 3. The molecule has 1 aliphatic rings. The van der Waals surface area contributed by atoms with Crippen LogP contribution in [0.2, 0.25) is 0 Å². The van der Waals surface area contributed by atoms with Gasteiger partial charge in [0.05, 0.1) is 17.0 Å². The van der Waals surface area contributed by atoms with Gasteiger partial charge in [0.2, 0.25) is 0 Å². The Labute approximate surface area is 182 Å². The number of amides is 1. The number of fused-ring (bicyclic) bond motifs is 1. The van der Waals surface area contributed by atoms with Crippen molar-refractivity contribution in [3.63, 3.8) is 0 Å². The van der Waals surface area contributed by atoms with Crippen LogP contribution in [-0.4, -0.2) is 16.6 Å². The number of anilines is 1. The number of aromatic nitrogens is 1. The quantitative estimate of drug-likeness (QED) is 0.540. The first kappa shape index (κ1) is 21.6. The van der Waals surface area contributed by atoms with Crippen molar-refractivity contribution in [2.24, 2.45) is 5.10 Å². The van der Waals surface area contributed by atoms with Gasteiger partial charge >= 0.3 is 6.18 Å². The Morgan fingerprint density at radius 2 is 2.06 bits per heavy atom. The second-order valence-corrected chi connectivity index (χ2v) is 7.50. The van der Waals surface area contributed by atoms with E-state index in [1.807, 2.05) is 6.07 Å². The average Bonchev–Trinajstić information content (AvgIpc) is 3.13. The average molecular weight is 442 g/mol. The van der Waals surface area contributed by atoms with Crippen LogP contribution in [0.5, 0.6) is 0 Å². The maximum atomic E-state index is 12.9. The molecule has 0 fully saturated rings. The summed E-state index contributed by atoms with van der Waals surface area (Å²) in [5.41, 5.74) is 5.11. The molecule has 0 spiro atoms. The minimum atomic E-state index is -4.43. The lowest BCUT2D eigenvalue weighted by atomic mass is 9.93. The van der Waals surface area contributed by atoms with E-state index in [0.29, 0.717) is 36.4 Å². The Kier molecular flexibility index (Phi) is 5.98. The summed E-state index contributed by atoms with van der Waals surface area (Å²) in [6.07, 6.45) is 0.946. The Bertz CT molecular complexity index is 1150. The molecule has 0 saturated carbocycles. The highest BCUT2D eigenvalue weighted by Crippen LogP contribution is 2.32. The Balaban J connectivity index is 1.53. The van der Waals surface area contributed by atoms with Crippen molar-refractivity contribution in [1.29, 1.82) is 0 Å². The monoisotopic (exact) mass is 442 g/mol. The summed E-state index contributed by atoms with van der Waals surface area (Å²) in [4.78, 5) is 16.7. The number of alkyl halides is 3. The largest absolute Gasteiger partial charge is 0.455 e. The van der Waals surface area contributed by atoms with Gasteiger partial charge in [0, 0.05) is 36.5 Å². The number of carbonyl (C=O) groups is 1. The molecular weight excluding hydrogens is 421 g/mol. The van der Waals surface area contributed by atoms with Crippen LogP contribution in [0.4, 0.5) is 18.9 Å². The molecule has 1 aromatic carbocycles. The maximum absolute atomic E-state index is 12.9. The summed E-state index contributed by atoms with van der Waals surface area (Å²) < 4.78 is 44.7. The summed E-state index contributed by atoms with van der Waals surface area (Å²) in [6, 6.07) is 8.50. The highest BCUT2D eigenvalue weighted by molar-refractivity contribution is 6.06. The van der Waals surface area contributed by atoms with Crippen molar-refractivity contribution in [1.82, 2.24) is 10.3 Å². The molecule has 0 saturated heterocycles. The van der Waals surface area contributed by atoms with Crippen molar-refractivity contribution in [2.45, 2.75) is 38.9 Å². The molecule has 0 aliphatic heterocycles. The van der Waals surface area contributed by atoms with Crippen LogP contribution in [0.3, 0.4) is 0 Å². The number of hydrazone groups is 1. The van der Waals surface area contributed by atoms with E-state index < -0.39 is 11.7 Å². The number of benzene rings is 1. The summed E-state index contributed by atoms with van der Waals surface area (Å²) in [5, 5.41) is 7.17. The molecule has 4 rings (SSSR count). The lowest BCUT2D eigenvalue weighted by Gasteiger charge is -2.14. The molecular formula is C23H21F3N4O2. The lowest BCUT2D eigenvalue weighted by Crippen LogP contribution is -2.23. The van der Waals surface area contributed by atoms with Gasteiger partial charge in [0.15, 0.2) is 5.76 Å². The van der Waals surface area contributed by atoms with E-state index in [9.17, 15) is 18.0 Å². The lowest BCUT2D eigenvalue weighted by molar-refractivity contribution is -0.137. The molecule has 0 radical (unpaired) electrons. The van der Waals surface area contributed by atoms with Gasteiger partial charge in [-0.05, 0) is 49.6 Å². The van der Waals surface area contributed by atoms with Crippen LogP contribution in [0.15, 0.2) is 58.3 Å². The predicted molar refractivity (Wildman–Crippen MR) is 113 cm³/mol. The van der Waals surface area contributed by atoms with Crippen molar-refractivity contribution >= 4 is 17.3 Å². The summed E-state index contributed by atoms with van der Waals surface area (Å²) in [7, 11) is 0. The summed E-state index contributed by atoms with van der Waals surface area (Å²) in [6.45, 7) is 2.10. The zero-order chi connectivity index (χ0) is 22.7. The number of pyridine rings is 1. The van der Waals surface area contributed by atoms with Crippen LogP contribution < -0.4 is 10.7 Å². The molecule has 1 amide bonds. The first-order valence-electron chi connectivity index (χ1n) is 10.1. The van der Waals surface area contributed by atoms with E-state index in [0.717, 1.165) is 29.7 Å². The fraction of sp³-hybridized carbons (Fsp3) is 0.261. The van der Waals surface area contributed by atoms with E-state index in [1.165, 1.54) is 12.1 Å². The van der Waals surface area contributed by atoms with Crippen molar-refractivity contribution < 1.29 is 22.4 Å². The smallest absolute Gasteiger partial charge is 0.416 e. The third-order valence-corrected chi connectivity index (χ3v) is 5.22. The normalized spacial score (nSPS) is 14.8. The van der Waals surface area contributed by atoms with Gasteiger partial charge in [-0.1, -0.05) is 12.1 Å². The molecule has 166 valence electrons. The van der Waals surface area contributed by atoms with Gasteiger partial charge in [0.1, 0.15) is 5.76 Å². The standard InChI is InChI=1S/C23H21F3N4O2/c1-14-20-18(30-29-17-7-2-6-16(11-17)23(24,25)26)8-3-9-19(20)32-21(14)22(31)28-13-15-5-4-10-27-12-15/h2,4-7,10-12,29H,3,8-9,13H2,1H3,(H,28,31)/b30-18+.